The second-order valence-electron chi connectivity index (χ2n) is 14.5. The summed E-state index contributed by atoms with van der Waals surface area (Å²) in [5, 5.41) is 4.44. The molecule has 11 rings (SSSR count). The van der Waals surface area contributed by atoms with Crippen LogP contribution in [0.4, 0.5) is 0 Å². The van der Waals surface area contributed by atoms with Crippen LogP contribution in [0.5, 0.6) is 0 Å². The molecule has 0 atom stereocenters. The van der Waals surface area contributed by atoms with Gasteiger partial charge in [-0.05, 0) is 65.4 Å². The molecule has 3 heterocycles. The molecule has 0 unspecified atom stereocenters. The molecule has 0 N–H and O–H groups in total. The van der Waals surface area contributed by atoms with Crippen molar-refractivity contribution in [1.29, 1.82) is 0 Å². The third-order valence-corrected chi connectivity index (χ3v) is 11.1. The summed E-state index contributed by atoms with van der Waals surface area (Å²) in [6.07, 6.45) is 8.76. The van der Waals surface area contributed by atoms with Crippen molar-refractivity contribution in [2.75, 3.05) is 0 Å². The van der Waals surface area contributed by atoms with Gasteiger partial charge in [-0.1, -0.05) is 158 Å². The third-order valence-electron chi connectivity index (χ3n) is 11.1. The average molecular weight is 718 g/mol. The highest BCUT2D eigenvalue weighted by Gasteiger charge is 2.22. The maximum atomic E-state index is 6.96. The van der Waals surface area contributed by atoms with Gasteiger partial charge in [-0.2, -0.15) is 0 Å². The van der Waals surface area contributed by atoms with Crippen LogP contribution in [0, 0.1) is 0 Å². The van der Waals surface area contributed by atoms with Gasteiger partial charge in [-0.15, -0.1) is 0 Å². The van der Waals surface area contributed by atoms with Crippen LogP contribution in [0.3, 0.4) is 0 Å². The number of rotatable bonds is 6. The lowest BCUT2D eigenvalue weighted by Crippen LogP contribution is -1.96. The lowest BCUT2D eigenvalue weighted by molar-refractivity contribution is 0.666. The molecule has 1 aliphatic rings. The topological polar surface area (TPSA) is 43.9 Å². The van der Waals surface area contributed by atoms with Crippen molar-refractivity contribution < 1.29 is 4.42 Å². The molecule has 0 fully saturated rings. The minimum absolute atomic E-state index is 0.660. The maximum Gasteiger partial charge on any atom is 0.161 e. The van der Waals surface area contributed by atoms with Crippen molar-refractivity contribution in [2.45, 2.75) is 12.8 Å². The van der Waals surface area contributed by atoms with Crippen molar-refractivity contribution in [3.8, 4) is 50.7 Å². The number of furan rings is 1. The summed E-state index contributed by atoms with van der Waals surface area (Å²) in [6.45, 7) is 0. The van der Waals surface area contributed by atoms with E-state index in [1.807, 2.05) is 18.2 Å². The van der Waals surface area contributed by atoms with E-state index in [1.54, 1.807) is 0 Å². The summed E-state index contributed by atoms with van der Waals surface area (Å²) in [6, 6.07) is 59.9. The molecule has 4 nitrogen and oxygen atoms in total. The maximum absolute atomic E-state index is 6.96. The molecule has 264 valence electrons. The van der Waals surface area contributed by atoms with E-state index in [0.29, 0.717) is 5.82 Å². The first kappa shape index (κ1) is 32.2. The standard InChI is InChI=1S/C52H35N3O/c1-5-15-34(16-6-1)38-27-29-40-41-30-28-39(35-17-7-2-8-18-35)32-48(41)55(47(40)31-38)46-25-13-23-42-50-43(24-14-26-49(50)56-51(42)46)52-53-44(36-19-9-3-10-20-36)33-45(54-52)37-21-11-4-12-22-37/h1-7,9-17,19-33H,8,18H2. The zero-order valence-corrected chi connectivity index (χ0v) is 30.6. The second-order valence-corrected chi connectivity index (χ2v) is 14.5. The Balaban J connectivity index is 1.17. The normalized spacial score (nSPS) is 12.9. The van der Waals surface area contributed by atoms with E-state index in [0.717, 1.165) is 79.6 Å². The molecular formula is C52H35N3O. The molecule has 1 aliphatic carbocycles. The molecule has 0 saturated carbocycles. The van der Waals surface area contributed by atoms with Crippen LogP contribution in [-0.4, -0.2) is 14.5 Å². The van der Waals surface area contributed by atoms with Gasteiger partial charge in [0.15, 0.2) is 11.4 Å². The first-order valence-corrected chi connectivity index (χ1v) is 19.2. The van der Waals surface area contributed by atoms with E-state index < -0.39 is 0 Å². The second kappa shape index (κ2) is 13.2. The Hall–Kier alpha value is -7.30. The Morgan fingerprint density at radius 3 is 1.79 bits per heavy atom. The number of aromatic nitrogens is 3. The predicted octanol–water partition coefficient (Wildman–Crippen LogP) is 13.9. The first-order valence-electron chi connectivity index (χ1n) is 19.2. The van der Waals surface area contributed by atoms with Gasteiger partial charge < -0.3 is 8.98 Å². The van der Waals surface area contributed by atoms with Gasteiger partial charge in [0.1, 0.15) is 5.58 Å². The van der Waals surface area contributed by atoms with Gasteiger partial charge in [0.05, 0.1) is 28.1 Å². The van der Waals surface area contributed by atoms with Gasteiger partial charge in [0, 0.05) is 38.2 Å². The lowest BCUT2D eigenvalue weighted by Gasteiger charge is -2.12. The molecule has 7 aromatic carbocycles. The molecule has 0 aliphatic heterocycles. The lowest BCUT2D eigenvalue weighted by atomic mass is 9.96. The number of nitrogens with zero attached hydrogens (tertiary/aromatic N) is 3. The molecule has 0 spiro atoms. The Morgan fingerprint density at radius 2 is 1.12 bits per heavy atom. The van der Waals surface area contributed by atoms with Crippen LogP contribution in [-0.2, 0) is 0 Å². The van der Waals surface area contributed by atoms with Crippen molar-refractivity contribution in [2.24, 2.45) is 0 Å². The highest BCUT2D eigenvalue weighted by atomic mass is 16.3. The van der Waals surface area contributed by atoms with E-state index >= 15 is 0 Å². The van der Waals surface area contributed by atoms with Crippen molar-refractivity contribution in [3.63, 3.8) is 0 Å². The monoisotopic (exact) mass is 717 g/mol. The van der Waals surface area contributed by atoms with Gasteiger partial charge in [-0.3, -0.25) is 0 Å². The largest absolute Gasteiger partial charge is 0.454 e. The summed E-state index contributed by atoms with van der Waals surface area (Å²) in [5.74, 6) is 0.660. The van der Waals surface area contributed by atoms with Crippen LogP contribution in [0.2, 0.25) is 0 Å². The van der Waals surface area contributed by atoms with Crippen LogP contribution in [0.15, 0.2) is 193 Å². The minimum atomic E-state index is 0.660. The van der Waals surface area contributed by atoms with E-state index in [9.17, 15) is 0 Å². The number of hydrogen-bond donors (Lipinski definition) is 0. The minimum Gasteiger partial charge on any atom is -0.454 e. The summed E-state index contributed by atoms with van der Waals surface area (Å²) >= 11 is 0. The molecule has 0 saturated heterocycles. The number of benzene rings is 7. The van der Waals surface area contributed by atoms with Gasteiger partial charge >= 0.3 is 0 Å². The Kier molecular flexibility index (Phi) is 7.59. The van der Waals surface area contributed by atoms with E-state index in [-0.39, 0.29) is 0 Å². The Morgan fingerprint density at radius 1 is 0.500 bits per heavy atom. The van der Waals surface area contributed by atoms with Crippen molar-refractivity contribution in [1.82, 2.24) is 14.5 Å². The smallest absolute Gasteiger partial charge is 0.161 e. The summed E-state index contributed by atoms with van der Waals surface area (Å²) in [5.41, 5.74) is 14.6. The molecular weight excluding hydrogens is 683 g/mol. The highest BCUT2D eigenvalue weighted by Crippen LogP contribution is 2.43. The average Bonchev–Trinajstić information content (AvgIpc) is 3.83. The summed E-state index contributed by atoms with van der Waals surface area (Å²) in [4.78, 5) is 10.4. The van der Waals surface area contributed by atoms with E-state index in [4.69, 9.17) is 14.4 Å². The van der Waals surface area contributed by atoms with Crippen molar-refractivity contribution in [3.05, 3.63) is 194 Å². The Labute approximate surface area is 324 Å². The first-order chi connectivity index (χ1) is 27.8. The fraction of sp³-hybridized carbons (Fsp3) is 0.0385. The molecule has 4 heteroatoms. The van der Waals surface area contributed by atoms with Gasteiger partial charge in [0.2, 0.25) is 0 Å². The fourth-order valence-corrected chi connectivity index (χ4v) is 8.41. The van der Waals surface area contributed by atoms with Crippen LogP contribution in [0.25, 0.3) is 100 Å². The number of fused-ring (bicyclic) bond motifs is 6. The third kappa shape index (κ3) is 5.38. The molecule has 56 heavy (non-hydrogen) atoms. The van der Waals surface area contributed by atoms with Crippen LogP contribution >= 0.6 is 0 Å². The zero-order chi connectivity index (χ0) is 37.0. The van der Waals surface area contributed by atoms with Crippen LogP contribution in [0.1, 0.15) is 18.4 Å². The predicted molar refractivity (Wildman–Crippen MR) is 232 cm³/mol. The Bertz CT molecular complexity index is 3110. The number of para-hydroxylation sites is 1. The van der Waals surface area contributed by atoms with Gasteiger partial charge in [0.25, 0.3) is 0 Å². The van der Waals surface area contributed by atoms with Crippen LogP contribution < -0.4 is 0 Å². The van der Waals surface area contributed by atoms with E-state index in [2.05, 4.69) is 174 Å². The summed E-state index contributed by atoms with van der Waals surface area (Å²) in [7, 11) is 0. The number of allylic oxidation sites excluding steroid dienone is 4. The SMILES string of the molecule is C1=CCCC(c2ccc3c4ccc(-c5ccccc5)cc4n(-c4cccc5c4oc4cccc(-c6nc(-c7ccccc7)cc(-c7ccccc7)n6)c45)c3c2)=C1. The molecule has 0 amide bonds. The molecule has 10 aromatic rings. The van der Waals surface area contributed by atoms with E-state index in [1.165, 1.54) is 33.0 Å². The highest BCUT2D eigenvalue weighted by molar-refractivity contribution is 6.16. The zero-order valence-electron chi connectivity index (χ0n) is 30.6. The fourth-order valence-electron chi connectivity index (χ4n) is 8.41. The molecule has 3 aromatic heterocycles. The summed E-state index contributed by atoms with van der Waals surface area (Å²) < 4.78 is 9.37. The molecule has 0 bridgehead atoms. The number of hydrogen-bond acceptors (Lipinski definition) is 3. The molecule has 0 radical (unpaired) electrons. The van der Waals surface area contributed by atoms with Gasteiger partial charge in [-0.25, -0.2) is 9.97 Å². The van der Waals surface area contributed by atoms with Crippen molar-refractivity contribution >= 4 is 49.3 Å². The quantitative estimate of drug-likeness (QED) is 0.172.